The van der Waals surface area contributed by atoms with Crippen molar-refractivity contribution in [2.75, 3.05) is 5.32 Å². The first kappa shape index (κ1) is 13.0. The van der Waals surface area contributed by atoms with Gasteiger partial charge in [-0.2, -0.15) is 0 Å². The van der Waals surface area contributed by atoms with Gasteiger partial charge in [-0.3, -0.25) is 10.1 Å². The highest BCUT2D eigenvalue weighted by Crippen LogP contribution is 2.41. The number of amides is 1. The Bertz CT molecular complexity index is 641. The largest absolute Gasteiger partial charge is 0.297 e. The average Bonchev–Trinajstić information content (AvgIpc) is 3.19. The lowest BCUT2D eigenvalue weighted by molar-refractivity contribution is -0.111. The highest BCUT2D eigenvalue weighted by molar-refractivity contribution is 7.15. The van der Waals surface area contributed by atoms with E-state index in [1.54, 1.807) is 6.08 Å². The number of nitrogens with one attached hydrogen (secondary N) is 1. The number of hydrogen-bond donors (Lipinski definition) is 1. The number of benzene rings is 1. The standard InChI is InChI=1S/C15H15N3OS/c1-10-2-4-11(5-3-10)6-9-13(19)16-15-18-17-14(20-15)12-7-8-12/h2-6,9,12H,7-8H2,1H3,(H,16,18,19). The third-order valence-corrected chi connectivity index (χ3v) is 4.10. The number of aromatic nitrogens is 2. The Balaban J connectivity index is 1.59. The van der Waals surface area contributed by atoms with E-state index in [1.165, 1.54) is 35.8 Å². The van der Waals surface area contributed by atoms with Gasteiger partial charge in [0.15, 0.2) is 0 Å². The van der Waals surface area contributed by atoms with Crippen molar-refractivity contribution in [1.82, 2.24) is 10.2 Å². The number of carbonyl (C=O) groups is 1. The van der Waals surface area contributed by atoms with Gasteiger partial charge >= 0.3 is 0 Å². The van der Waals surface area contributed by atoms with Crippen molar-refractivity contribution in [3.8, 4) is 0 Å². The molecule has 0 saturated heterocycles. The molecule has 5 heteroatoms. The summed E-state index contributed by atoms with van der Waals surface area (Å²) in [5.74, 6) is 0.394. The van der Waals surface area contributed by atoms with Crippen molar-refractivity contribution < 1.29 is 4.79 Å². The Morgan fingerprint density at radius 2 is 2.05 bits per heavy atom. The highest BCUT2D eigenvalue weighted by Gasteiger charge is 2.27. The number of nitrogens with zero attached hydrogens (tertiary/aromatic N) is 2. The van der Waals surface area contributed by atoms with E-state index in [9.17, 15) is 4.79 Å². The van der Waals surface area contributed by atoms with E-state index in [4.69, 9.17) is 0 Å². The van der Waals surface area contributed by atoms with Crippen molar-refractivity contribution in [1.29, 1.82) is 0 Å². The van der Waals surface area contributed by atoms with E-state index in [0.29, 0.717) is 11.0 Å². The van der Waals surface area contributed by atoms with Crippen molar-refractivity contribution >= 4 is 28.5 Å². The molecule has 0 aliphatic heterocycles. The van der Waals surface area contributed by atoms with Crippen LogP contribution >= 0.6 is 11.3 Å². The monoisotopic (exact) mass is 285 g/mol. The third kappa shape index (κ3) is 3.30. The molecule has 1 aromatic carbocycles. The van der Waals surface area contributed by atoms with Gasteiger partial charge in [0.1, 0.15) is 5.01 Å². The second kappa shape index (κ2) is 5.54. The molecular weight excluding hydrogens is 270 g/mol. The first-order valence-corrected chi connectivity index (χ1v) is 7.41. The molecule has 1 fully saturated rings. The molecule has 1 aromatic heterocycles. The molecule has 1 amide bonds. The van der Waals surface area contributed by atoms with Crippen LogP contribution < -0.4 is 5.32 Å². The summed E-state index contributed by atoms with van der Waals surface area (Å²) in [5, 5.41) is 12.4. The minimum atomic E-state index is -0.177. The van der Waals surface area contributed by atoms with Crippen LogP contribution in [0.3, 0.4) is 0 Å². The van der Waals surface area contributed by atoms with Crippen molar-refractivity contribution in [3.63, 3.8) is 0 Å². The van der Waals surface area contributed by atoms with Crippen molar-refractivity contribution in [2.24, 2.45) is 0 Å². The van der Waals surface area contributed by atoms with Gasteiger partial charge in [0.05, 0.1) is 0 Å². The van der Waals surface area contributed by atoms with Gasteiger partial charge in [-0.25, -0.2) is 0 Å². The van der Waals surface area contributed by atoms with Gasteiger partial charge in [-0.15, -0.1) is 10.2 Å². The zero-order valence-electron chi connectivity index (χ0n) is 11.2. The zero-order chi connectivity index (χ0) is 13.9. The van der Waals surface area contributed by atoms with Gasteiger partial charge in [0.2, 0.25) is 11.0 Å². The number of carbonyl (C=O) groups excluding carboxylic acids is 1. The number of aryl methyl sites for hydroxylation is 1. The van der Waals surface area contributed by atoms with Gasteiger partial charge < -0.3 is 0 Å². The van der Waals surface area contributed by atoms with E-state index in [-0.39, 0.29) is 5.91 Å². The molecule has 20 heavy (non-hydrogen) atoms. The predicted molar refractivity (Wildman–Crippen MR) is 80.7 cm³/mol. The molecule has 1 aliphatic carbocycles. The minimum Gasteiger partial charge on any atom is -0.297 e. The van der Waals surface area contributed by atoms with Crippen LogP contribution in [0.5, 0.6) is 0 Å². The van der Waals surface area contributed by atoms with Crippen LogP contribution in [0.15, 0.2) is 30.3 Å². The van der Waals surface area contributed by atoms with Crippen LogP contribution in [0.4, 0.5) is 5.13 Å². The summed E-state index contributed by atoms with van der Waals surface area (Å²) in [6.07, 6.45) is 5.69. The molecule has 2 aromatic rings. The molecule has 1 N–H and O–H groups in total. The van der Waals surface area contributed by atoms with Gasteiger partial charge in [0, 0.05) is 12.0 Å². The van der Waals surface area contributed by atoms with Crippen LogP contribution in [-0.2, 0) is 4.79 Å². The topological polar surface area (TPSA) is 54.9 Å². The van der Waals surface area contributed by atoms with Crippen LogP contribution in [0, 0.1) is 6.92 Å². The fourth-order valence-corrected chi connectivity index (χ4v) is 2.69. The number of rotatable bonds is 4. The van der Waals surface area contributed by atoms with Crippen LogP contribution in [-0.4, -0.2) is 16.1 Å². The second-order valence-corrected chi connectivity index (χ2v) is 5.96. The van der Waals surface area contributed by atoms with Crippen molar-refractivity contribution in [3.05, 3.63) is 46.5 Å². The van der Waals surface area contributed by atoms with E-state index >= 15 is 0 Å². The lowest BCUT2D eigenvalue weighted by Crippen LogP contribution is -2.07. The molecule has 0 bridgehead atoms. The van der Waals surface area contributed by atoms with E-state index in [0.717, 1.165) is 10.6 Å². The first-order chi connectivity index (χ1) is 9.70. The lowest BCUT2D eigenvalue weighted by atomic mass is 10.1. The molecule has 3 rings (SSSR count). The van der Waals surface area contributed by atoms with E-state index in [1.807, 2.05) is 31.2 Å². The molecular formula is C15H15N3OS. The molecule has 1 saturated carbocycles. The van der Waals surface area contributed by atoms with Crippen molar-refractivity contribution in [2.45, 2.75) is 25.7 Å². The Morgan fingerprint density at radius 1 is 1.30 bits per heavy atom. The minimum absolute atomic E-state index is 0.177. The average molecular weight is 285 g/mol. The maximum absolute atomic E-state index is 11.8. The predicted octanol–water partition coefficient (Wildman–Crippen LogP) is 3.38. The maximum Gasteiger partial charge on any atom is 0.250 e. The summed E-state index contributed by atoms with van der Waals surface area (Å²) in [7, 11) is 0. The molecule has 0 radical (unpaired) electrons. The Morgan fingerprint density at radius 3 is 2.75 bits per heavy atom. The van der Waals surface area contributed by atoms with Gasteiger partial charge in [-0.05, 0) is 31.4 Å². The third-order valence-electron chi connectivity index (χ3n) is 3.10. The van der Waals surface area contributed by atoms with Crippen LogP contribution in [0.2, 0.25) is 0 Å². The van der Waals surface area contributed by atoms with E-state index in [2.05, 4.69) is 15.5 Å². The summed E-state index contributed by atoms with van der Waals surface area (Å²) >= 11 is 1.47. The summed E-state index contributed by atoms with van der Waals surface area (Å²) in [6, 6.07) is 8.00. The van der Waals surface area contributed by atoms with E-state index < -0.39 is 0 Å². The fraction of sp³-hybridized carbons (Fsp3) is 0.267. The Hall–Kier alpha value is -2.01. The molecule has 0 spiro atoms. The van der Waals surface area contributed by atoms with Crippen LogP contribution in [0.1, 0.15) is 34.9 Å². The smallest absolute Gasteiger partial charge is 0.250 e. The quantitative estimate of drug-likeness (QED) is 0.876. The second-order valence-electron chi connectivity index (χ2n) is 4.95. The van der Waals surface area contributed by atoms with Gasteiger partial charge in [-0.1, -0.05) is 41.2 Å². The highest BCUT2D eigenvalue weighted by atomic mass is 32.1. The van der Waals surface area contributed by atoms with Crippen LogP contribution in [0.25, 0.3) is 6.08 Å². The zero-order valence-corrected chi connectivity index (χ0v) is 12.0. The molecule has 1 aliphatic rings. The molecule has 4 nitrogen and oxygen atoms in total. The molecule has 0 atom stereocenters. The summed E-state index contributed by atoms with van der Waals surface area (Å²) in [4.78, 5) is 11.8. The number of anilines is 1. The fourth-order valence-electron chi connectivity index (χ4n) is 1.78. The Labute approximate surface area is 121 Å². The summed E-state index contributed by atoms with van der Waals surface area (Å²) in [6.45, 7) is 2.03. The lowest BCUT2D eigenvalue weighted by Gasteiger charge is -1.96. The normalized spacial score (nSPS) is 14.7. The first-order valence-electron chi connectivity index (χ1n) is 6.60. The summed E-state index contributed by atoms with van der Waals surface area (Å²) < 4.78 is 0. The van der Waals surface area contributed by atoms with Gasteiger partial charge in [0.25, 0.3) is 0 Å². The molecule has 102 valence electrons. The number of hydrogen-bond acceptors (Lipinski definition) is 4. The molecule has 1 heterocycles. The SMILES string of the molecule is Cc1ccc(C=CC(=O)Nc2nnc(C3CC3)s2)cc1. The summed E-state index contributed by atoms with van der Waals surface area (Å²) in [5.41, 5.74) is 2.20. The Kier molecular flexibility index (Phi) is 3.60. The maximum atomic E-state index is 11.8. The molecule has 0 unspecified atom stereocenters.